The number of halogens is 2. The second-order valence-electron chi connectivity index (χ2n) is 8.74. The number of hydrogen-bond acceptors (Lipinski definition) is 5. The molecule has 1 unspecified atom stereocenters. The average molecular weight is 502 g/mol. The van der Waals surface area contributed by atoms with Crippen LogP contribution in [0.25, 0.3) is 22.0 Å². The Morgan fingerprint density at radius 3 is 2.69 bits per heavy atom. The van der Waals surface area contributed by atoms with E-state index in [0.29, 0.717) is 22.4 Å². The van der Waals surface area contributed by atoms with Crippen LogP contribution in [0.4, 0.5) is 21.6 Å². The summed E-state index contributed by atoms with van der Waals surface area (Å²) < 4.78 is 14.7. The largest absolute Gasteiger partial charge is 0.337 e. The van der Waals surface area contributed by atoms with Gasteiger partial charge in [-0.05, 0) is 56.3 Å². The third kappa shape index (κ3) is 4.94. The van der Waals surface area contributed by atoms with Crippen molar-refractivity contribution in [2.24, 2.45) is 0 Å². The molecule has 4 aromatic rings. The highest BCUT2D eigenvalue weighted by Crippen LogP contribution is 2.39. The van der Waals surface area contributed by atoms with E-state index < -0.39 is 5.82 Å². The summed E-state index contributed by atoms with van der Waals surface area (Å²) >= 11 is 5.99. The number of carbonyl (C=O) groups is 1. The van der Waals surface area contributed by atoms with Crippen molar-refractivity contribution in [1.82, 2.24) is 14.9 Å². The van der Waals surface area contributed by atoms with E-state index in [1.165, 1.54) is 12.4 Å². The van der Waals surface area contributed by atoms with Crippen LogP contribution in [0.5, 0.6) is 0 Å². The molecule has 3 aromatic carbocycles. The van der Waals surface area contributed by atoms with Crippen LogP contribution in [0.2, 0.25) is 5.02 Å². The number of carbonyl (C=O) groups excluding carboxylic acids is 1. The highest BCUT2D eigenvalue weighted by atomic mass is 35.5. The van der Waals surface area contributed by atoms with Gasteiger partial charge in [0.05, 0.1) is 21.6 Å². The molecule has 5 rings (SSSR count). The van der Waals surface area contributed by atoms with Crippen molar-refractivity contribution < 1.29 is 9.18 Å². The lowest BCUT2D eigenvalue weighted by Crippen LogP contribution is -2.23. The standard InChI is InChI=1S/C28H25ClFN5O/c1-35-16-6-9-19(35)12-15-24(36)33-22-14-13-21-26(25(22)18-7-3-2-4-8-18)28(32-17-31-21)34-23-11-5-10-20(29)27(23)30/h2-5,7-8,10-15,17,19H,6,9,16H2,1H3,(H,33,36)(H,31,32,34)/b15-12+. The maximum atomic E-state index is 14.7. The first-order chi connectivity index (χ1) is 17.5. The molecule has 1 atom stereocenters. The summed E-state index contributed by atoms with van der Waals surface area (Å²) in [5.41, 5.74) is 3.04. The molecule has 0 saturated carbocycles. The van der Waals surface area contributed by atoms with Gasteiger partial charge in [0.2, 0.25) is 5.91 Å². The number of anilines is 3. The summed E-state index contributed by atoms with van der Waals surface area (Å²) in [5, 5.41) is 6.76. The normalized spacial score (nSPS) is 16.0. The Bertz CT molecular complexity index is 1440. The zero-order chi connectivity index (χ0) is 25.1. The molecule has 0 aliphatic carbocycles. The van der Waals surface area contributed by atoms with Crippen molar-refractivity contribution in [3.63, 3.8) is 0 Å². The van der Waals surface area contributed by atoms with Gasteiger partial charge in [0.15, 0.2) is 5.82 Å². The molecule has 2 N–H and O–H groups in total. The van der Waals surface area contributed by atoms with Crippen molar-refractivity contribution in [2.75, 3.05) is 24.2 Å². The van der Waals surface area contributed by atoms with Crippen LogP contribution in [0, 0.1) is 5.82 Å². The second-order valence-corrected chi connectivity index (χ2v) is 9.14. The molecule has 182 valence electrons. The van der Waals surface area contributed by atoms with Gasteiger partial charge in [-0.15, -0.1) is 0 Å². The van der Waals surface area contributed by atoms with Crippen LogP contribution in [-0.2, 0) is 4.79 Å². The van der Waals surface area contributed by atoms with Gasteiger partial charge in [0.25, 0.3) is 0 Å². The number of benzene rings is 3. The first kappa shape index (κ1) is 23.9. The van der Waals surface area contributed by atoms with E-state index in [0.717, 1.165) is 30.5 Å². The fourth-order valence-corrected chi connectivity index (χ4v) is 4.71. The molecule has 2 heterocycles. The summed E-state index contributed by atoms with van der Waals surface area (Å²) in [6.07, 6.45) is 7.12. The quantitative estimate of drug-likeness (QED) is 0.298. The van der Waals surface area contributed by atoms with Crippen LogP contribution in [-0.4, -0.2) is 40.4 Å². The third-order valence-corrected chi connectivity index (χ3v) is 6.67. The predicted molar refractivity (Wildman–Crippen MR) is 143 cm³/mol. The maximum Gasteiger partial charge on any atom is 0.248 e. The monoisotopic (exact) mass is 501 g/mol. The Kier molecular flexibility index (Phi) is 6.93. The van der Waals surface area contributed by atoms with Crippen LogP contribution < -0.4 is 10.6 Å². The number of likely N-dealkylation sites (N-methyl/N-ethyl adjacent to an activating group) is 1. The minimum absolute atomic E-state index is 0.00860. The van der Waals surface area contributed by atoms with E-state index in [1.54, 1.807) is 18.2 Å². The minimum atomic E-state index is -0.571. The van der Waals surface area contributed by atoms with Gasteiger partial charge < -0.3 is 10.6 Å². The number of aromatic nitrogens is 2. The fraction of sp³-hybridized carbons (Fsp3) is 0.179. The van der Waals surface area contributed by atoms with E-state index in [-0.39, 0.29) is 22.7 Å². The van der Waals surface area contributed by atoms with Gasteiger partial charge in [-0.1, -0.05) is 54.1 Å². The number of nitrogens with zero attached hydrogens (tertiary/aromatic N) is 3. The van der Waals surface area contributed by atoms with Gasteiger partial charge in [-0.3, -0.25) is 9.69 Å². The topological polar surface area (TPSA) is 70.2 Å². The lowest BCUT2D eigenvalue weighted by atomic mass is 9.98. The zero-order valence-electron chi connectivity index (χ0n) is 19.7. The van der Waals surface area contributed by atoms with Crippen LogP contribution in [0.3, 0.4) is 0 Å². The number of amides is 1. The summed E-state index contributed by atoms with van der Waals surface area (Å²) in [5.74, 6) is -0.392. The molecule has 0 bridgehead atoms. The molecule has 0 radical (unpaired) electrons. The van der Waals surface area contributed by atoms with Gasteiger partial charge >= 0.3 is 0 Å². The van der Waals surface area contributed by atoms with Crippen molar-refractivity contribution in [2.45, 2.75) is 18.9 Å². The van der Waals surface area contributed by atoms with Crippen LogP contribution in [0.15, 0.2) is 79.1 Å². The first-order valence-electron chi connectivity index (χ1n) is 11.7. The molecule has 1 fully saturated rings. The molecule has 36 heavy (non-hydrogen) atoms. The summed E-state index contributed by atoms with van der Waals surface area (Å²) in [6.45, 7) is 1.03. The molecule has 1 aromatic heterocycles. The number of fused-ring (bicyclic) bond motifs is 1. The molecular weight excluding hydrogens is 477 g/mol. The zero-order valence-corrected chi connectivity index (χ0v) is 20.5. The minimum Gasteiger partial charge on any atom is -0.337 e. The Morgan fingerprint density at radius 1 is 1.08 bits per heavy atom. The van der Waals surface area contributed by atoms with E-state index in [4.69, 9.17) is 11.6 Å². The summed E-state index contributed by atoms with van der Waals surface area (Å²) in [4.78, 5) is 24.0. The number of nitrogens with one attached hydrogen (secondary N) is 2. The Balaban J connectivity index is 1.59. The lowest BCUT2D eigenvalue weighted by molar-refractivity contribution is -0.111. The predicted octanol–water partition coefficient (Wildman–Crippen LogP) is 6.42. The highest BCUT2D eigenvalue weighted by molar-refractivity contribution is 6.31. The highest BCUT2D eigenvalue weighted by Gasteiger charge is 2.20. The van der Waals surface area contributed by atoms with E-state index in [1.807, 2.05) is 48.5 Å². The number of likely N-dealkylation sites (tertiary alicyclic amines) is 1. The van der Waals surface area contributed by atoms with Gasteiger partial charge in [-0.2, -0.15) is 0 Å². The summed E-state index contributed by atoms with van der Waals surface area (Å²) in [6, 6.07) is 18.3. The number of rotatable bonds is 6. The SMILES string of the molecule is CN1CCCC1/C=C/C(=O)Nc1ccc2ncnc(Nc3cccc(Cl)c3F)c2c1-c1ccccc1. The Morgan fingerprint density at radius 2 is 1.92 bits per heavy atom. The molecule has 1 aliphatic heterocycles. The van der Waals surface area contributed by atoms with E-state index in [2.05, 4.69) is 32.5 Å². The molecule has 1 amide bonds. The molecule has 1 saturated heterocycles. The average Bonchev–Trinajstić information content (AvgIpc) is 3.30. The van der Waals surface area contributed by atoms with Crippen molar-refractivity contribution >= 4 is 45.6 Å². The molecule has 6 nitrogen and oxygen atoms in total. The third-order valence-electron chi connectivity index (χ3n) is 6.38. The van der Waals surface area contributed by atoms with Crippen molar-refractivity contribution in [3.05, 3.63) is 90.0 Å². The molecular formula is C28H25ClFN5O. The first-order valence-corrected chi connectivity index (χ1v) is 12.1. The van der Waals surface area contributed by atoms with Crippen LogP contribution >= 0.6 is 11.6 Å². The Labute approximate surface area is 213 Å². The van der Waals surface area contributed by atoms with Crippen LogP contribution in [0.1, 0.15) is 12.8 Å². The molecule has 8 heteroatoms. The van der Waals surface area contributed by atoms with Gasteiger partial charge in [0, 0.05) is 23.4 Å². The number of hydrogen-bond donors (Lipinski definition) is 2. The summed E-state index contributed by atoms with van der Waals surface area (Å²) in [7, 11) is 2.06. The molecule has 1 aliphatic rings. The van der Waals surface area contributed by atoms with Gasteiger partial charge in [0.1, 0.15) is 12.1 Å². The Hall–Kier alpha value is -3.81. The van der Waals surface area contributed by atoms with Crippen molar-refractivity contribution in [1.29, 1.82) is 0 Å². The lowest BCUT2D eigenvalue weighted by Gasteiger charge is -2.17. The second kappa shape index (κ2) is 10.4. The molecule has 0 spiro atoms. The maximum absolute atomic E-state index is 14.7. The smallest absolute Gasteiger partial charge is 0.248 e. The van der Waals surface area contributed by atoms with E-state index >= 15 is 0 Å². The van der Waals surface area contributed by atoms with Crippen molar-refractivity contribution in [3.8, 4) is 11.1 Å². The van der Waals surface area contributed by atoms with Gasteiger partial charge in [-0.25, -0.2) is 14.4 Å². The fourth-order valence-electron chi connectivity index (χ4n) is 4.54. The van der Waals surface area contributed by atoms with E-state index in [9.17, 15) is 9.18 Å².